The van der Waals surface area contributed by atoms with Gasteiger partial charge in [-0.2, -0.15) is 0 Å². The fourth-order valence-electron chi connectivity index (χ4n) is 3.18. The van der Waals surface area contributed by atoms with E-state index in [1.165, 1.54) is 18.0 Å². The Morgan fingerprint density at radius 1 is 1.31 bits per heavy atom. The predicted octanol–water partition coefficient (Wildman–Crippen LogP) is 3.77. The van der Waals surface area contributed by atoms with Crippen molar-refractivity contribution >= 4 is 39.1 Å². The summed E-state index contributed by atoms with van der Waals surface area (Å²) in [6.45, 7) is 6.31. The molecule has 0 unspecified atom stereocenters. The van der Waals surface area contributed by atoms with Gasteiger partial charge in [0.25, 0.3) is 5.91 Å². The van der Waals surface area contributed by atoms with Gasteiger partial charge in [0.15, 0.2) is 20.7 Å². The number of benzene rings is 1. The third kappa shape index (κ3) is 5.71. The summed E-state index contributed by atoms with van der Waals surface area (Å²) in [7, 11) is -3.15. The second-order valence-corrected chi connectivity index (χ2v) is 11.7. The summed E-state index contributed by atoms with van der Waals surface area (Å²) in [6.07, 6.45) is 1.85. The Labute approximate surface area is 181 Å². The fraction of sp³-hybridized carbons (Fsp3) is 0.450. The summed E-state index contributed by atoms with van der Waals surface area (Å²) in [4.78, 5) is 23.6. The van der Waals surface area contributed by atoms with Gasteiger partial charge < -0.3 is 4.90 Å². The minimum absolute atomic E-state index is 0.0408. The first kappa shape index (κ1) is 22.1. The van der Waals surface area contributed by atoms with Gasteiger partial charge in [-0.25, -0.2) is 18.4 Å². The number of aromatic nitrogens is 2. The van der Waals surface area contributed by atoms with Crippen molar-refractivity contribution in [2.45, 2.75) is 50.2 Å². The van der Waals surface area contributed by atoms with Crippen LogP contribution >= 0.6 is 23.4 Å². The van der Waals surface area contributed by atoms with Crippen molar-refractivity contribution in [3.8, 4) is 0 Å². The molecule has 9 heteroatoms. The zero-order chi connectivity index (χ0) is 21.2. The molecule has 0 radical (unpaired) electrons. The monoisotopic (exact) mass is 453 g/mol. The Balaban J connectivity index is 1.94. The lowest BCUT2D eigenvalue weighted by Crippen LogP contribution is -2.41. The molecule has 1 aromatic carbocycles. The minimum Gasteiger partial charge on any atom is -0.329 e. The third-order valence-corrected chi connectivity index (χ3v) is 7.56. The first-order chi connectivity index (χ1) is 13.6. The molecule has 1 aromatic heterocycles. The normalized spacial score (nSPS) is 18.2. The molecule has 6 nitrogen and oxygen atoms in total. The number of thioether (sulfide) groups is 1. The van der Waals surface area contributed by atoms with Crippen molar-refractivity contribution < 1.29 is 13.2 Å². The van der Waals surface area contributed by atoms with Gasteiger partial charge in [-0.05, 0) is 18.9 Å². The second-order valence-electron chi connectivity index (χ2n) is 7.49. The number of carbonyl (C=O) groups excluding carboxylic acids is 1. The summed E-state index contributed by atoms with van der Waals surface area (Å²) in [5.74, 6) is -0.326. The van der Waals surface area contributed by atoms with Gasteiger partial charge in [0.2, 0.25) is 0 Å². The van der Waals surface area contributed by atoms with E-state index in [0.717, 1.165) is 11.1 Å². The lowest BCUT2D eigenvalue weighted by atomic mass is 10.1. The van der Waals surface area contributed by atoms with Gasteiger partial charge >= 0.3 is 0 Å². The van der Waals surface area contributed by atoms with Crippen LogP contribution in [0.1, 0.15) is 41.9 Å². The van der Waals surface area contributed by atoms with Gasteiger partial charge in [0.05, 0.1) is 22.7 Å². The van der Waals surface area contributed by atoms with Crippen molar-refractivity contribution in [3.63, 3.8) is 0 Å². The Morgan fingerprint density at radius 3 is 2.59 bits per heavy atom. The number of nitrogens with zero attached hydrogens (tertiary/aromatic N) is 3. The standard InChI is InChI=1S/C20H24ClN3O3S2/c1-13(2)28-20-22-10-17(21)18(23-20)19(25)24(16-8-9-29(26,27)12-16)11-15-6-4-14(3)5-7-15/h4-7,10,13,16H,8-9,11-12H2,1-3H3/t16-/m0/s1. The van der Waals surface area contributed by atoms with Crippen LogP contribution in [0.5, 0.6) is 0 Å². The number of halogens is 1. The van der Waals surface area contributed by atoms with Gasteiger partial charge in [-0.3, -0.25) is 4.79 Å². The maximum absolute atomic E-state index is 13.4. The van der Waals surface area contributed by atoms with Gasteiger partial charge in [0.1, 0.15) is 0 Å². The highest BCUT2D eigenvalue weighted by atomic mass is 35.5. The molecule has 0 aliphatic carbocycles. The molecule has 1 aliphatic rings. The van der Waals surface area contributed by atoms with Crippen LogP contribution in [0.2, 0.25) is 5.02 Å². The molecule has 1 fully saturated rings. The maximum Gasteiger partial charge on any atom is 0.274 e. The summed E-state index contributed by atoms with van der Waals surface area (Å²) < 4.78 is 24.1. The number of hydrogen-bond acceptors (Lipinski definition) is 6. The lowest BCUT2D eigenvalue weighted by Gasteiger charge is -2.28. The van der Waals surface area contributed by atoms with Crippen LogP contribution in [0.25, 0.3) is 0 Å². The van der Waals surface area contributed by atoms with E-state index in [9.17, 15) is 13.2 Å². The van der Waals surface area contributed by atoms with Crippen LogP contribution < -0.4 is 0 Å². The van der Waals surface area contributed by atoms with Crippen molar-refractivity contribution in [1.29, 1.82) is 0 Å². The molecule has 1 atom stereocenters. The summed E-state index contributed by atoms with van der Waals surface area (Å²) in [6, 6.07) is 7.43. The number of carbonyl (C=O) groups is 1. The summed E-state index contributed by atoms with van der Waals surface area (Å²) in [5, 5.41) is 0.891. The zero-order valence-electron chi connectivity index (χ0n) is 16.6. The highest BCUT2D eigenvalue weighted by molar-refractivity contribution is 7.99. The number of hydrogen-bond donors (Lipinski definition) is 0. The van der Waals surface area contributed by atoms with E-state index >= 15 is 0 Å². The second kappa shape index (κ2) is 9.02. The molecule has 1 saturated heterocycles. The number of sulfone groups is 1. The van der Waals surface area contributed by atoms with Crippen molar-refractivity contribution in [1.82, 2.24) is 14.9 Å². The quantitative estimate of drug-likeness (QED) is 0.489. The number of aryl methyl sites for hydroxylation is 1. The van der Waals surface area contributed by atoms with E-state index in [2.05, 4.69) is 9.97 Å². The molecular weight excluding hydrogens is 430 g/mol. The van der Waals surface area contributed by atoms with E-state index < -0.39 is 15.9 Å². The molecule has 1 aliphatic heterocycles. The van der Waals surface area contributed by atoms with Gasteiger partial charge in [-0.1, -0.05) is 67.0 Å². The van der Waals surface area contributed by atoms with Crippen molar-refractivity contribution in [2.24, 2.45) is 0 Å². The van der Waals surface area contributed by atoms with E-state index in [0.29, 0.717) is 18.1 Å². The van der Waals surface area contributed by atoms with Crippen LogP contribution in [-0.2, 0) is 16.4 Å². The molecule has 2 heterocycles. The van der Waals surface area contributed by atoms with E-state index in [1.54, 1.807) is 4.90 Å². The smallest absolute Gasteiger partial charge is 0.274 e. The van der Waals surface area contributed by atoms with Crippen LogP contribution in [-0.4, -0.2) is 52.0 Å². The van der Waals surface area contributed by atoms with E-state index in [-0.39, 0.29) is 33.4 Å². The summed E-state index contributed by atoms with van der Waals surface area (Å²) >= 11 is 7.70. The first-order valence-corrected chi connectivity index (χ1v) is 12.5. The zero-order valence-corrected chi connectivity index (χ0v) is 19.0. The summed E-state index contributed by atoms with van der Waals surface area (Å²) in [5.41, 5.74) is 2.15. The third-order valence-electron chi connectivity index (χ3n) is 4.65. The van der Waals surface area contributed by atoms with Crippen LogP contribution in [0.15, 0.2) is 35.6 Å². The predicted molar refractivity (Wildman–Crippen MR) is 116 cm³/mol. The highest BCUT2D eigenvalue weighted by Crippen LogP contribution is 2.26. The van der Waals surface area contributed by atoms with Crippen LogP contribution in [0.3, 0.4) is 0 Å². The minimum atomic E-state index is -3.15. The van der Waals surface area contributed by atoms with Gasteiger partial charge in [-0.15, -0.1) is 0 Å². The first-order valence-electron chi connectivity index (χ1n) is 9.41. The van der Waals surface area contributed by atoms with E-state index in [4.69, 9.17) is 11.6 Å². The highest BCUT2D eigenvalue weighted by Gasteiger charge is 2.36. The average molecular weight is 454 g/mol. The Morgan fingerprint density at radius 2 is 2.00 bits per heavy atom. The molecule has 29 heavy (non-hydrogen) atoms. The molecule has 1 amide bonds. The Kier molecular flexibility index (Phi) is 6.86. The van der Waals surface area contributed by atoms with Crippen LogP contribution in [0, 0.1) is 6.92 Å². The maximum atomic E-state index is 13.4. The lowest BCUT2D eigenvalue weighted by molar-refractivity contribution is 0.0674. The molecule has 156 valence electrons. The molecule has 0 saturated carbocycles. The molecule has 0 N–H and O–H groups in total. The number of rotatable bonds is 6. The average Bonchev–Trinajstić information content (AvgIpc) is 3.01. The molecule has 3 rings (SSSR count). The van der Waals surface area contributed by atoms with Crippen molar-refractivity contribution in [3.05, 3.63) is 52.3 Å². The Hall–Kier alpha value is -1.64. The molecule has 2 aromatic rings. The van der Waals surface area contributed by atoms with E-state index in [1.807, 2.05) is 45.0 Å². The number of amides is 1. The van der Waals surface area contributed by atoms with Crippen LogP contribution in [0.4, 0.5) is 0 Å². The molecular formula is C20H24ClN3O3S2. The molecule has 0 bridgehead atoms. The fourth-order valence-corrected chi connectivity index (χ4v) is 5.76. The van der Waals surface area contributed by atoms with Gasteiger partial charge in [0, 0.05) is 17.8 Å². The largest absolute Gasteiger partial charge is 0.329 e. The molecule has 0 spiro atoms. The topological polar surface area (TPSA) is 80.2 Å². The van der Waals surface area contributed by atoms with Crippen molar-refractivity contribution in [2.75, 3.05) is 11.5 Å². The Bertz CT molecular complexity index is 995. The SMILES string of the molecule is Cc1ccc(CN(C(=O)c2nc(SC(C)C)ncc2Cl)[C@H]2CCS(=O)(=O)C2)cc1.